The van der Waals surface area contributed by atoms with Gasteiger partial charge in [-0.3, -0.25) is 9.59 Å². The lowest BCUT2D eigenvalue weighted by atomic mass is 10.1. The number of aliphatic hydroxyl groups is 2. The molecule has 0 spiro atoms. The zero-order valence-corrected chi connectivity index (χ0v) is 44.2. The third kappa shape index (κ3) is 51.5. The molecule has 0 saturated carbocycles. The maximum absolute atomic E-state index is 12.4. The van der Waals surface area contributed by atoms with Gasteiger partial charge in [-0.2, -0.15) is 0 Å². The first-order valence-corrected chi connectivity index (χ1v) is 29.3. The quantitative estimate of drug-likeness (QED) is 0.0321. The number of carbonyl (C=O) groups excluding carboxylic acids is 2. The lowest BCUT2D eigenvalue weighted by Crippen LogP contribution is -2.45. The number of hydrogen-bond acceptors (Lipinski definition) is 5. The molecule has 0 heterocycles. The lowest BCUT2D eigenvalue weighted by Gasteiger charge is -2.20. The summed E-state index contributed by atoms with van der Waals surface area (Å²) in [7, 11) is 0. The molecule has 0 aliphatic rings. The third-order valence-corrected chi connectivity index (χ3v) is 13.4. The molecule has 2 atom stereocenters. The van der Waals surface area contributed by atoms with Crippen molar-refractivity contribution in [3.05, 3.63) is 36.5 Å². The highest BCUT2D eigenvalue weighted by Gasteiger charge is 2.18. The van der Waals surface area contributed by atoms with Crippen LogP contribution in [0.15, 0.2) is 36.5 Å². The molecule has 0 rings (SSSR count). The third-order valence-electron chi connectivity index (χ3n) is 13.4. The van der Waals surface area contributed by atoms with Gasteiger partial charge in [-0.15, -0.1) is 0 Å². The highest BCUT2D eigenvalue weighted by Crippen LogP contribution is 2.16. The van der Waals surface area contributed by atoms with E-state index in [2.05, 4.69) is 43.5 Å². The van der Waals surface area contributed by atoms with Crippen molar-refractivity contribution in [2.24, 2.45) is 0 Å². The molecule has 0 radical (unpaired) electrons. The molecule has 0 aliphatic carbocycles. The average Bonchev–Trinajstić information content (AvgIpc) is 3.32. The summed E-state index contributed by atoms with van der Waals surface area (Å²) in [6, 6.07) is -0.634. The van der Waals surface area contributed by atoms with Gasteiger partial charge in [-0.05, 0) is 83.5 Å². The molecule has 3 N–H and O–H groups in total. The molecule has 0 bridgehead atoms. The molecule has 0 aromatic heterocycles. The molecule has 0 aromatic rings. The Morgan fingerprint density at radius 3 is 1.08 bits per heavy atom. The van der Waals surface area contributed by atoms with Gasteiger partial charge in [0.2, 0.25) is 5.91 Å². The molecule has 388 valence electrons. The number of unbranched alkanes of at least 4 members (excludes halogenated alkanes) is 39. The minimum atomic E-state index is -0.849. The van der Waals surface area contributed by atoms with Crippen LogP contribution in [0.3, 0.4) is 0 Å². The van der Waals surface area contributed by atoms with E-state index in [-0.39, 0.29) is 18.5 Å². The second kappa shape index (κ2) is 55.7. The van der Waals surface area contributed by atoms with E-state index in [0.29, 0.717) is 19.4 Å². The standard InChI is InChI=1S/C60H113NO5/c1-3-5-7-9-11-13-15-16-17-18-20-24-27-30-34-38-42-46-50-54-60(65)66-55-51-47-43-39-35-31-28-25-22-19-21-23-26-29-33-37-41-45-49-53-59(64)61-57(56-62)58(63)52-48-44-40-36-32-14-12-10-8-6-4-2/h16-17,19,21,48,52,57-58,62-63H,3-15,18,20,22-47,49-51,53-56H2,1-2H3,(H,61,64)/b17-16-,21-19-,52-48+. The van der Waals surface area contributed by atoms with E-state index in [1.165, 1.54) is 231 Å². The summed E-state index contributed by atoms with van der Waals surface area (Å²) in [5.74, 6) is -0.0766. The van der Waals surface area contributed by atoms with E-state index in [0.717, 1.165) is 51.4 Å². The van der Waals surface area contributed by atoms with E-state index in [1.807, 2.05) is 6.08 Å². The van der Waals surface area contributed by atoms with Gasteiger partial charge in [0.25, 0.3) is 0 Å². The largest absolute Gasteiger partial charge is 0.466 e. The van der Waals surface area contributed by atoms with Gasteiger partial charge >= 0.3 is 5.97 Å². The first-order valence-electron chi connectivity index (χ1n) is 29.3. The number of aliphatic hydroxyl groups excluding tert-OH is 2. The summed E-state index contributed by atoms with van der Waals surface area (Å²) >= 11 is 0. The first kappa shape index (κ1) is 64.1. The van der Waals surface area contributed by atoms with Gasteiger partial charge in [0, 0.05) is 12.8 Å². The summed E-state index contributed by atoms with van der Waals surface area (Å²) in [5.41, 5.74) is 0. The maximum Gasteiger partial charge on any atom is 0.305 e. The number of hydrogen-bond donors (Lipinski definition) is 3. The van der Waals surface area contributed by atoms with Crippen LogP contribution in [0.4, 0.5) is 0 Å². The SMILES string of the molecule is CCCCCCCC/C=C\CCCCCCCCCCCC(=O)OCCCCCCCCCC/C=C\CCCCCCCCCC(=O)NC(CO)C(O)/C=C/CCCCCCCCCCC. The molecule has 6 heteroatoms. The monoisotopic (exact) mass is 928 g/mol. The van der Waals surface area contributed by atoms with Gasteiger partial charge in [0.1, 0.15) is 0 Å². The highest BCUT2D eigenvalue weighted by molar-refractivity contribution is 5.76. The predicted molar refractivity (Wildman–Crippen MR) is 287 cm³/mol. The average molecular weight is 929 g/mol. The Labute approximate surface area is 411 Å². The van der Waals surface area contributed by atoms with Gasteiger partial charge < -0.3 is 20.3 Å². The smallest absolute Gasteiger partial charge is 0.305 e. The van der Waals surface area contributed by atoms with Crippen molar-refractivity contribution in [2.75, 3.05) is 13.2 Å². The number of carbonyl (C=O) groups is 2. The number of amides is 1. The number of ether oxygens (including phenoxy) is 1. The van der Waals surface area contributed by atoms with Crippen LogP contribution in [-0.2, 0) is 14.3 Å². The molecule has 0 saturated heterocycles. The topological polar surface area (TPSA) is 95.9 Å². The lowest BCUT2D eigenvalue weighted by molar-refractivity contribution is -0.143. The van der Waals surface area contributed by atoms with Crippen molar-refractivity contribution in [3.63, 3.8) is 0 Å². The molecule has 1 amide bonds. The fraction of sp³-hybridized carbons (Fsp3) is 0.867. The van der Waals surface area contributed by atoms with Crippen LogP contribution in [0.5, 0.6) is 0 Å². The van der Waals surface area contributed by atoms with Gasteiger partial charge in [-0.1, -0.05) is 249 Å². The minimum Gasteiger partial charge on any atom is -0.466 e. The second-order valence-corrected chi connectivity index (χ2v) is 20.0. The fourth-order valence-electron chi connectivity index (χ4n) is 8.86. The van der Waals surface area contributed by atoms with Crippen LogP contribution in [0, 0.1) is 0 Å². The van der Waals surface area contributed by atoms with Crippen molar-refractivity contribution >= 4 is 11.9 Å². The summed E-state index contributed by atoms with van der Waals surface area (Å²) in [6.45, 7) is 4.88. The summed E-state index contributed by atoms with van der Waals surface area (Å²) in [4.78, 5) is 24.5. The van der Waals surface area contributed by atoms with Crippen LogP contribution in [0.2, 0.25) is 0 Å². The molecule has 0 fully saturated rings. The molecular formula is C60H113NO5. The van der Waals surface area contributed by atoms with Crippen LogP contribution < -0.4 is 5.32 Å². The normalized spacial score (nSPS) is 12.8. The van der Waals surface area contributed by atoms with E-state index >= 15 is 0 Å². The zero-order chi connectivity index (χ0) is 47.9. The van der Waals surface area contributed by atoms with Crippen molar-refractivity contribution in [2.45, 2.75) is 321 Å². The number of rotatable bonds is 54. The molecule has 0 aromatic carbocycles. The van der Waals surface area contributed by atoms with Crippen LogP contribution in [0.1, 0.15) is 309 Å². The van der Waals surface area contributed by atoms with Gasteiger partial charge in [0.15, 0.2) is 0 Å². The second-order valence-electron chi connectivity index (χ2n) is 20.0. The predicted octanol–water partition coefficient (Wildman–Crippen LogP) is 18.0. The summed E-state index contributed by atoms with van der Waals surface area (Å²) < 4.78 is 5.49. The molecule has 6 nitrogen and oxygen atoms in total. The minimum absolute atomic E-state index is 0.00242. The Balaban J connectivity index is 3.42. The van der Waals surface area contributed by atoms with Crippen molar-refractivity contribution in [3.8, 4) is 0 Å². The molecule has 66 heavy (non-hydrogen) atoms. The van der Waals surface area contributed by atoms with E-state index in [4.69, 9.17) is 4.74 Å². The summed E-state index contributed by atoms with van der Waals surface area (Å²) in [6.07, 6.45) is 68.9. The Morgan fingerprint density at radius 2 is 0.712 bits per heavy atom. The molecular weight excluding hydrogens is 815 g/mol. The zero-order valence-electron chi connectivity index (χ0n) is 44.2. The Morgan fingerprint density at radius 1 is 0.409 bits per heavy atom. The Bertz CT molecular complexity index is 1070. The van der Waals surface area contributed by atoms with E-state index in [9.17, 15) is 19.8 Å². The van der Waals surface area contributed by atoms with Crippen LogP contribution in [-0.4, -0.2) is 47.4 Å². The van der Waals surface area contributed by atoms with Gasteiger partial charge in [0.05, 0.1) is 25.4 Å². The number of esters is 1. The Hall–Kier alpha value is -1.92. The highest BCUT2D eigenvalue weighted by atomic mass is 16.5. The maximum atomic E-state index is 12.4. The van der Waals surface area contributed by atoms with Crippen molar-refractivity contribution in [1.29, 1.82) is 0 Å². The van der Waals surface area contributed by atoms with Gasteiger partial charge in [-0.25, -0.2) is 0 Å². The molecule has 0 aliphatic heterocycles. The van der Waals surface area contributed by atoms with E-state index in [1.54, 1.807) is 6.08 Å². The summed E-state index contributed by atoms with van der Waals surface area (Å²) in [5, 5.41) is 23.0. The Kier molecular flexibility index (Phi) is 54.1. The van der Waals surface area contributed by atoms with Crippen molar-refractivity contribution in [1.82, 2.24) is 5.32 Å². The van der Waals surface area contributed by atoms with Crippen molar-refractivity contribution < 1.29 is 24.5 Å². The first-order chi connectivity index (χ1) is 32.5. The number of nitrogens with one attached hydrogen (secondary N) is 1. The van der Waals surface area contributed by atoms with Crippen LogP contribution in [0.25, 0.3) is 0 Å². The fourth-order valence-corrected chi connectivity index (χ4v) is 8.86. The number of allylic oxidation sites excluding steroid dienone is 5. The van der Waals surface area contributed by atoms with Crippen LogP contribution >= 0.6 is 0 Å². The molecule has 2 unspecified atom stereocenters. The van der Waals surface area contributed by atoms with E-state index < -0.39 is 12.1 Å².